The summed E-state index contributed by atoms with van der Waals surface area (Å²) >= 11 is 1.97. The standard InChI is InChI=1S/C17H26N2S/c1-3-10-20-11-9-19-14-17(18-13-15(19)2)12-16-7-5-4-6-8-16/h3-8,15,17-18H,1,9-14H2,2H3. The van der Waals surface area contributed by atoms with E-state index in [4.69, 9.17) is 0 Å². The Hall–Kier alpha value is -0.770. The van der Waals surface area contributed by atoms with Gasteiger partial charge in [0.1, 0.15) is 0 Å². The molecule has 1 aromatic rings. The molecule has 0 radical (unpaired) electrons. The molecular weight excluding hydrogens is 264 g/mol. The minimum Gasteiger partial charge on any atom is -0.311 e. The van der Waals surface area contributed by atoms with Crippen LogP contribution in [-0.2, 0) is 6.42 Å². The van der Waals surface area contributed by atoms with Crippen LogP contribution in [0.1, 0.15) is 12.5 Å². The van der Waals surface area contributed by atoms with Crippen molar-refractivity contribution >= 4 is 11.8 Å². The van der Waals surface area contributed by atoms with Crippen LogP contribution in [0.4, 0.5) is 0 Å². The molecule has 2 atom stereocenters. The monoisotopic (exact) mass is 290 g/mol. The lowest BCUT2D eigenvalue weighted by molar-refractivity contribution is 0.149. The normalized spacial score (nSPS) is 23.6. The van der Waals surface area contributed by atoms with Crippen molar-refractivity contribution in [1.82, 2.24) is 10.2 Å². The van der Waals surface area contributed by atoms with Gasteiger partial charge in [-0.2, -0.15) is 11.8 Å². The zero-order valence-corrected chi connectivity index (χ0v) is 13.2. The van der Waals surface area contributed by atoms with Crippen molar-refractivity contribution in [2.75, 3.05) is 31.1 Å². The molecule has 1 fully saturated rings. The maximum absolute atomic E-state index is 3.77. The van der Waals surface area contributed by atoms with E-state index < -0.39 is 0 Å². The van der Waals surface area contributed by atoms with Gasteiger partial charge >= 0.3 is 0 Å². The van der Waals surface area contributed by atoms with Crippen LogP contribution in [0, 0.1) is 0 Å². The number of piperazine rings is 1. The first-order chi connectivity index (χ1) is 9.79. The van der Waals surface area contributed by atoms with Gasteiger partial charge in [-0.3, -0.25) is 4.90 Å². The highest BCUT2D eigenvalue weighted by atomic mass is 32.2. The molecule has 1 saturated heterocycles. The third-order valence-corrected chi connectivity index (χ3v) is 4.81. The Bertz CT molecular complexity index is 393. The van der Waals surface area contributed by atoms with E-state index in [0.717, 1.165) is 25.3 Å². The predicted molar refractivity (Wildman–Crippen MR) is 90.5 cm³/mol. The van der Waals surface area contributed by atoms with Crippen LogP contribution in [0.2, 0.25) is 0 Å². The molecular formula is C17H26N2S. The Balaban J connectivity index is 1.79. The average molecular weight is 290 g/mol. The lowest BCUT2D eigenvalue weighted by Gasteiger charge is -2.39. The van der Waals surface area contributed by atoms with Gasteiger partial charge in [0.15, 0.2) is 0 Å². The number of benzene rings is 1. The van der Waals surface area contributed by atoms with Crippen molar-refractivity contribution in [2.45, 2.75) is 25.4 Å². The average Bonchev–Trinajstić information content (AvgIpc) is 2.48. The van der Waals surface area contributed by atoms with Gasteiger partial charge in [0.25, 0.3) is 0 Å². The predicted octanol–water partition coefficient (Wildman–Crippen LogP) is 2.81. The van der Waals surface area contributed by atoms with Gasteiger partial charge in [0, 0.05) is 43.2 Å². The molecule has 1 aromatic carbocycles. The van der Waals surface area contributed by atoms with Gasteiger partial charge < -0.3 is 5.32 Å². The molecule has 0 spiro atoms. The van der Waals surface area contributed by atoms with Gasteiger partial charge in [-0.1, -0.05) is 36.4 Å². The van der Waals surface area contributed by atoms with Gasteiger partial charge in [-0.15, -0.1) is 6.58 Å². The van der Waals surface area contributed by atoms with Crippen LogP contribution >= 0.6 is 11.8 Å². The summed E-state index contributed by atoms with van der Waals surface area (Å²) in [5.41, 5.74) is 1.43. The quantitative estimate of drug-likeness (QED) is 0.614. The summed E-state index contributed by atoms with van der Waals surface area (Å²) in [6, 6.07) is 12.0. The summed E-state index contributed by atoms with van der Waals surface area (Å²) in [5, 5.41) is 3.68. The fraction of sp³-hybridized carbons (Fsp3) is 0.529. The summed E-state index contributed by atoms with van der Waals surface area (Å²) < 4.78 is 0. The number of nitrogens with one attached hydrogen (secondary N) is 1. The zero-order valence-electron chi connectivity index (χ0n) is 12.4. The molecule has 0 aromatic heterocycles. The van der Waals surface area contributed by atoms with Crippen LogP contribution in [0.15, 0.2) is 43.0 Å². The molecule has 1 aliphatic rings. The fourth-order valence-corrected chi connectivity index (χ4v) is 3.39. The van der Waals surface area contributed by atoms with Crippen LogP contribution in [0.5, 0.6) is 0 Å². The fourth-order valence-electron chi connectivity index (χ4n) is 2.69. The molecule has 0 aliphatic carbocycles. The zero-order chi connectivity index (χ0) is 14.2. The summed E-state index contributed by atoms with van der Waals surface area (Å²) in [4.78, 5) is 2.63. The Labute approximate surface area is 127 Å². The van der Waals surface area contributed by atoms with Gasteiger partial charge in [0.2, 0.25) is 0 Å². The first-order valence-corrected chi connectivity index (χ1v) is 8.65. The Morgan fingerprint density at radius 3 is 2.95 bits per heavy atom. The minimum absolute atomic E-state index is 0.581. The van der Waals surface area contributed by atoms with Crippen molar-refractivity contribution in [3.63, 3.8) is 0 Å². The molecule has 2 nitrogen and oxygen atoms in total. The second kappa shape index (κ2) is 8.50. The van der Waals surface area contributed by atoms with Crippen molar-refractivity contribution in [2.24, 2.45) is 0 Å². The molecule has 2 unspecified atom stereocenters. The molecule has 0 bridgehead atoms. The Morgan fingerprint density at radius 2 is 2.20 bits per heavy atom. The molecule has 3 heteroatoms. The minimum atomic E-state index is 0.581. The maximum atomic E-state index is 3.77. The third-order valence-electron chi connectivity index (χ3n) is 3.86. The van der Waals surface area contributed by atoms with E-state index in [-0.39, 0.29) is 0 Å². The summed E-state index contributed by atoms with van der Waals surface area (Å²) in [6.45, 7) is 9.54. The van der Waals surface area contributed by atoms with E-state index in [2.05, 4.69) is 54.1 Å². The van der Waals surface area contributed by atoms with E-state index in [1.165, 1.54) is 17.9 Å². The molecule has 0 saturated carbocycles. The molecule has 1 heterocycles. The second-order valence-electron chi connectivity index (χ2n) is 5.50. The summed E-state index contributed by atoms with van der Waals surface area (Å²) in [7, 11) is 0. The van der Waals surface area contributed by atoms with Crippen LogP contribution in [-0.4, -0.2) is 48.1 Å². The summed E-state index contributed by atoms with van der Waals surface area (Å²) in [6.07, 6.45) is 3.12. The maximum Gasteiger partial charge on any atom is 0.0236 e. The smallest absolute Gasteiger partial charge is 0.0236 e. The molecule has 110 valence electrons. The SMILES string of the molecule is C=CCSCCN1CC(Cc2ccccc2)NCC1C. The van der Waals surface area contributed by atoms with Gasteiger partial charge in [-0.25, -0.2) is 0 Å². The highest BCUT2D eigenvalue weighted by Gasteiger charge is 2.24. The Kier molecular flexibility index (Phi) is 6.64. The first-order valence-electron chi connectivity index (χ1n) is 7.49. The lowest BCUT2D eigenvalue weighted by atomic mass is 10.0. The topological polar surface area (TPSA) is 15.3 Å². The van der Waals surface area contributed by atoms with Gasteiger partial charge in [0.05, 0.1) is 0 Å². The van der Waals surface area contributed by atoms with Crippen LogP contribution < -0.4 is 5.32 Å². The van der Waals surface area contributed by atoms with E-state index in [1.807, 2.05) is 17.8 Å². The van der Waals surface area contributed by atoms with Crippen molar-refractivity contribution in [1.29, 1.82) is 0 Å². The summed E-state index contributed by atoms with van der Waals surface area (Å²) in [5.74, 6) is 2.27. The van der Waals surface area contributed by atoms with Crippen molar-refractivity contribution in [3.8, 4) is 0 Å². The molecule has 1 aliphatic heterocycles. The largest absolute Gasteiger partial charge is 0.311 e. The number of hydrogen-bond acceptors (Lipinski definition) is 3. The van der Waals surface area contributed by atoms with Crippen molar-refractivity contribution < 1.29 is 0 Å². The third kappa shape index (κ3) is 4.97. The molecule has 1 N–H and O–H groups in total. The van der Waals surface area contributed by atoms with Gasteiger partial charge in [-0.05, 0) is 18.9 Å². The van der Waals surface area contributed by atoms with E-state index >= 15 is 0 Å². The second-order valence-corrected chi connectivity index (χ2v) is 6.65. The highest BCUT2D eigenvalue weighted by Crippen LogP contribution is 2.12. The van der Waals surface area contributed by atoms with Crippen molar-refractivity contribution in [3.05, 3.63) is 48.6 Å². The van der Waals surface area contributed by atoms with E-state index in [1.54, 1.807) is 0 Å². The van der Waals surface area contributed by atoms with E-state index in [0.29, 0.717) is 12.1 Å². The molecule has 20 heavy (non-hydrogen) atoms. The number of hydrogen-bond donors (Lipinski definition) is 1. The Morgan fingerprint density at radius 1 is 1.40 bits per heavy atom. The lowest BCUT2D eigenvalue weighted by Crippen LogP contribution is -2.56. The number of nitrogens with zero attached hydrogens (tertiary/aromatic N) is 1. The molecule has 0 amide bonds. The first kappa shape index (κ1) is 15.6. The number of thioether (sulfide) groups is 1. The van der Waals surface area contributed by atoms with E-state index in [9.17, 15) is 0 Å². The molecule has 2 rings (SSSR count). The van der Waals surface area contributed by atoms with Crippen LogP contribution in [0.25, 0.3) is 0 Å². The van der Waals surface area contributed by atoms with Crippen LogP contribution in [0.3, 0.4) is 0 Å². The highest BCUT2D eigenvalue weighted by molar-refractivity contribution is 7.99. The number of rotatable bonds is 7.